The smallest absolute Gasteiger partial charge is 0.147 e. The lowest BCUT2D eigenvalue weighted by molar-refractivity contribution is -0.121. The van der Waals surface area contributed by atoms with Crippen molar-refractivity contribution in [3.8, 4) is 0 Å². The lowest BCUT2D eigenvalue weighted by atomic mass is 9.87. The minimum atomic E-state index is -0.173. The van der Waals surface area contributed by atoms with Gasteiger partial charge in [-0.3, -0.25) is 4.79 Å². The summed E-state index contributed by atoms with van der Waals surface area (Å²) in [5.74, 6) is 1.92. The van der Waals surface area contributed by atoms with Gasteiger partial charge in [0, 0.05) is 50.4 Å². The Morgan fingerprint density at radius 3 is 1.46 bits per heavy atom. The van der Waals surface area contributed by atoms with Gasteiger partial charge in [-0.15, -0.1) is 0 Å². The summed E-state index contributed by atoms with van der Waals surface area (Å²) in [6, 6.07) is 8.23. The highest BCUT2D eigenvalue weighted by Crippen LogP contribution is 2.28. The second-order valence-corrected chi connectivity index (χ2v) is 8.13. The molecule has 0 aliphatic carbocycles. The number of Topliss-reactive ketones (excluding diaryl/α,β-unsaturated/α-hetero) is 1. The van der Waals surface area contributed by atoms with E-state index in [0.717, 1.165) is 48.9 Å². The van der Waals surface area contributed by atoms with E-state index in [1.165, 1.54) is 25.7 Å². The minimum absolute atomic E-state index is 0.173. The van der Waals surface area contributed by atoms with Gasteiger partial charge >= 0.3 is 0 Å². The van der Waals surface area contributed by atoms with E-state index in [2.05, 4.69) is 44.0 Å². The monoisotopic (exact) mass is 378 g/mol. The number of aromatic nitrogens is 2. The molecule has 0 amide bonds. The first-order chi connectivity index (χ1) is 13.6. The molecule has 5 heteroatoms. The molecule has 2 aromatic rings. The fourth-order valence-electron chi connectivity index (χ4n) is 4.28. The van der Waals surface area contributed by atoms with Gasteiger partial charge in [-0.05, 0) is 48.9 Å². The molecule has 0 radical (unpaired) electrons. The van der Waals surface area contributed by atoms with Crippen molar-refractivity contribution < 1.29 is 4.79 Å². The Kier molecular flexibility index (Phi) is 5.60. The number of rotatable bonds is 6. The molecule has 4 rings (SSSR count). The van der Waals surface area contributed by atoms with Crippen LogP contribution in [0.3, 0.4) is 0 Å². The molecule has 0 N–H and O–H groups in total. The Labute approximate surface area is 167 Å². The number of carbonyl (C=O) groups is 1. The van der Waals surface area contributed by atoms with Gasteiger partial charge in [-0.2, -0.15) is 0 Å². The number of hydrogen-bond donors (Lipinski definition) is 0. The first-order valence-corrected chi connectivity index (χ1v) is 10.6. The Hall–Kier alpha value is -2.43. The van der Waals surface area contributed by atoms with Gasteiger partial charge in [0.15, 0.2) is 0 Å². The molecule has 2 aliphatic rings. The zero-order chi connectivity index (χ0) is 19.5. The number of carbonyl (C=O) groups excluding carboxylic acids is 1. The predicted molar refractivity (Wildman–Crippen MR) is 113 cm³/mol. The first kappa shape index (κ1) is 18.9. The van der Waals surface area contributed by atoms with Crippen LogP contribution in [0, 0.1) is 0 Å². The van der Waals surface area contributed by atoms with Crippen molar-refractivity contribution in [2.24, 2.45) is 0 Å². The highest BCUT2D eigenvalue weighted by atomic mass is 16.1. The van der Waals surface area contributed by atoms with Gasteiger partial charge in [-0.25, -0.2) is 9.97 Å². The van der Waals surface area contributed by atoms with Crippen LogP contribution in [0.4, 0.5) is 11.6 Å². The predicted octanol–water partition coefficient (Wildman–Crippen LogP) is 4.15. The van der Waals surface area contributed by atoms with Crippen molar-refractivity contribution in [1.82, 2.24) is 9.97 Å². The number of nitrogens with zero attached hydrogens (tertiary/aromatic N) is 4. The molecule has 2 fully saturated rings. The summed E-state index contributed by atoms with van der Waals surface area (Å²) < 4.78 is 0. The largest absolute Gasteiger partial charge is 0.357 e. The maximum Gasteiger partial charge on any atom is 0.147 e. The van der Waals surface area contributed by atoms with Crippen molar-refractivity contribution in [2.75, 3.05) is 36.0 Å². The maximum absolute atomic E-state index is 13.0. The van der Waals surface area contributed by atoms with Crippen LogP contribution in [-0.4, -0.2) is 41.9 Å². The van der Waals surface area contributed by atoms with Crippen LogP contribution in [-0.2, 0) is 4.79 Å². The Morgan fingerprint density at radius 1 is 0.750 bits per heavy atom. The van der Waals surface area contributed by atoms with Crippen LogP contribution in [0.15, 0.2) is 36.7 Å². The molecule has 2 saturated heterocycles. The first-order valence-electron chi connectivity index (χ1n) is 10.6. The van der Waals surface area contributed by atoms with Crippen LogP contribution in [0.25, 0.3) is 0 Å². The number of ketones is 1. The van der Waals surface area contributed by atoms with E-state index in [1.54, 1.807) is 0 Å². The van der Waals surface area contributed by atoms with Gasteiger partial charge in [-0.1, -0.05) is 26.0 Å². The van der Waals surface area contributed by atoms with E-state index >= 15 is 0 Å². The normalized spacial score (nSPS) is 19.1. The molecule has 0 aromatic carbocycles. The Bertz CT molecular complexity index is 723. The molecule has 0 bridgehead atoms. The SMILES string of the molecule is CC(C(=O)C(C)c1ccc(N2CCCC2)nc1)c1ccc(N2CCCC2)nc1. The van der Waals surface area contributed by atoms with Crippen LogP contribution in [0.2, 0.25) is 0 Å². The third-order valence-electron chi connectivity index (χ3n) is 6.26. The number of anilines is 2. The van der Waals surface area contributed by atoms with Crippen molar-refractivity contribution in [3.05, 3.63) is 47.8 Å². The molecule has 4 heterocycles. The summed E-state index contributed by atoms with van der Waals surface area (Å²) >= 11 is 0. The standard InChI is InChI=1S/C23H30N4O/c1-17(19-7-9-21(24-15-19)26-11-3-4-12-26)23(28)18(2)20-8-10-22(25-16-20)27-13-5-6-14-27/h7-10,15-18H,3-6,11-14H2,1-2H3. The zero-order valence-electron chi connectivity index (χ0n) is 17.0. The van der Waals surface area contributed by atoms with E-state index in [4.69, 9.17) is 0 Å². The molecular weight excluding hydrogens is 348 g/mol. The highest BCUT2D eigenvalue weighted by Gasteiger charge is 2.24. The molecule has 0 saturated carbocycles. The topological polar surface area (TPSA) is 49.3 Å². The van der Waals surface area contributed by atoms with Crippen LogP contribution < -0.4 is 9.80 Å². The molecule has 2 unspecified atom stereocenters. The summed E-state index contributed by atoms with van der Waals surface area (Å²) in [6.45, 7) is 8.29. The average molecular weight is 379 g/mol. The molecular formula is C23H30N4O. The fraction of sp³-hybridized carbons (Fsp3) is 0.522. The maximum atomic E-state index is 13.0. The van der Waals surface area contributed by atoms with E-state index in [0.29, 0.717) is 0 Å². The van der Waals surface area contributed by atoms with Gasteiger partial charge in [0.05, 0.1) is 0 Å². The summed E-state index contributed by atoms with van der Waals surface area (Å²) in [4.78, 5) is 26.9. The quantitative estimate of drug-likeness (QED) is 0.756. The Balaban J connectivity index is 1.42. The molecule has 2 aliphatic heterocycles. The second kappa shape index (κ2) is 8.29. The Morgan fingerprint density at radius 2 is 1.14 bits per heavy atom. The van der Waals surface area contributed by atoms with Crippen molar-refractivity contribution in [1.29, 1.82) is 0 Å². The minimum Gasteiger partial charge on any atom is -0.357 e. The van der Waals surface area contributed by atoms with Crippen molar-refractivity contribution in [3.63, 3.8) is 0 Å². The summed E-state index contributed by atoms with van der Waals surface area (Å²) in [5.41, 5.74) is 1.97. The summed E-state index contributed by atoms with van der Waals surface area (Å²) in [6.07, 6.45) is 8.69. The average Bonchev–Trinajstić information content (AvgIpc) is 3.47. The van der Waals surface area contributed by atoms with E-state index in [9.17, 15) is 4.79 Å². The lowest BCUT2D eigenvalue weighted by Gasteiger charge is -2.20. The lowest BCUT2D eigenvalue weighted by Crippen LogP contribution is -2.20. The van der Waals surface area contributed by atoms with E-state index in [1.807, 2.05) is 26.2 Å². The van der Waals surface area contributed by atoms with Crippen LogP contribution in [0.1, 0.15) is 62.5 Å². The second-order valence-electron chi connectivity index (χ2n) is 8.13. The molecule has 2 atom stereocenters. The number of pyridine rings is 2. The van der Waals surface area contributed by atoms with E-state index < -0.39 is 0 Å². The van der Waals surface area contributed by atoms with Crippen molar-refractivity contribution >= 4 is 17.4 Å². The molecule has 0 spiro atoms. The van der Waals surface area contributed by atoms with Gasteiger partial charge in [0.1, 0.15) is 17.4 Å². The third-order valence-corrected chi connectivity index (χ3v) is 6.26. The van der Waals surface area contributed by atoms with Gasteiger partial charge in [0.25, 0.3) is 0 Å². The highest BCUT2D eigenvalue weighted by molar-refractivity contribution is 5.91. The zero-order valence-corrected chi connectivity index (χ0v) is 17.0. The molecule has 28 heavy (non-hydrogen) atoms. The molecule has 2 aromatic heterocycles. The van der Waals surface area contributed by atoms with Crippen LogP contribution in [0.5, 0.6) is 0 Å². The summed E-state index contributed by atoms with van der Waals surface area (Å²) in [7, 11) is 0. The third kappa shape index (κ3) is 3.89. The fourth-order valence-corrected chi connectivity index (χ4v) is 4.28. The van der Waals surface area contributed by atoms with E-state index in [-0.39, 0.29) is 17.6 Å². The van der Waals surface area contributed by atoms with Crippen LogP contribution >= 0.6 is 0 Å². The van der Waals surface area contributed by atoms with Gasteiger partial charge in [0.2, 0.25) is 0 Å². The van der Waals surface area contributed by atoms with Gasteiger partial charge < -0.3 is 9.80 Å². The number of hydrogen-bond acceptors (Lipinski definition) is 5. The molecule has 148 valence electrons. The summed E-state index contributed by atoms with van der Waals surface area (Å²) in [5, 5.41) is 0. The van der Waals surface area contributed by atoms with Crippen molar-refractivity contribution in [2.45, 2.75) is 51.4 Å². The molecule has 5 nitrogen and oxygen atoms in total.